The third-order valence-electron chi connectivity index (χ3n) is 3.30. The summed E-state index contributed by atoms with van der Waals surface area (Å²) in [6, 6.07) is 7.46. The SMILES string of the molecule is COc1cccc(C(C)NC(=O)C2CNC(=O)C2)c1. The number of rotatable bonds is 4. The maximum atomic E-state index is 12.0. The van der Waals surface area contributed by atoms with Gasteiger partial charge in [0.1, 0.15) is 5.75 Å². The molecule has 0 bridgehead atoms. The molecule has 5 heteroatoms. The van der Waals surface area contributed by atoms with Crippen LogP contribution in [0, 0.1) is 5.92 Å². The summed E-state index contributed by atoms with van der Waals surface area (Å²) in [6.07, 6.45) is 0.274. The van der Waals surface area contributed by atoms with Crippen molar-refractivity contribution in [3.63, 3.8) is 0 Å². The van der Waals surface area contributed by atoms with Crippen molar-refractivity contribution in [3.8, 4) is 5.75 Å². The van der Waals surface area contributed by atoms with Gasteiger partial charge in [-0.25, -0.2) is 0 Å². The zero-order valence-electron chi connectivity index (χ0n) is 11.1. The van der Waals surface area contributed by atoms with Crippen LogP contribution in [-0.2, 0) is 9.59 Å². The van der Waals surface area contributed by atoms with E-state index in [1.54, 1.807) is 7.11 Å². The van der Waals surface area contributed by atoms with Crippen molar-refractivity contribution < 1.29 is 14.3 Å². The minimum atomic E-state index is -0.263. The average Bonchev–Trinajstić information content (AvgIpc) is 2.85. The summed E-state index contributed by atoms with van der Waals surface area (Å²) in [5.41, 5.74) is 0.977. The highest BCUT2D eigenvalue weighted by molar-refractivity contribution is 5.89. The molecule has 0 spiro atoms. The van der Waals surface area contributed by atoms with E-state index in [1.807, 2.05) is 31.2 Å². The molecule has 5 nitrogen and oxygen atoms in total. The number of ether oxygens (including phenoxy) is 1. The Morgan fingerprint density at radius 3 is 2.95 bits per heavy atom. The van der Waals surface area contributed by atoms with Crippen LogP contribution in [0.2, 0.25) is 0 Å². The van der Waals surface area contributed by atoms with Crippen LogP contribution >= 0.6 is 0 Å². The molecule has 1 aliphatic rings. The molecule has 19 heavy (non-hydrogen) atoms. The smallest absolute Gasteiger partial charge is 0.225 e. The first-order chi connectivity index (χ1) is 9.10. The molecule has 1 fully saturated rings. The van der Waals surface area contributed by atoms with Crippen LogP contribution in [0.4, 0.5) is 0 Å². The zero-order chi connectivity index (χ0) is 13.8. The van der Waals surface area contributed by atoms with Crippen LogP contribution in [0.3, 0.4) is 0 Å². The largest absolute Gasteiger partial charge is 0.497 e. The second-order valence-electron chi connectivity index (χ2n) is 4.71. The zero-order valence-corrected chi connectivity index (χ0v) is 11.1. The van der Waals surface area contributed by atoms with Gasteiger partial charge in [-0.3, -0.25) is 9.59 Å². The van der Waals surface area contributed by atoms with Gasteiger partial charge in [-0.1, -0.05) is 12.1 Å². The van der Waals surface area contributed by atoms with Crippen LogP contribution in [0.15, 0.2) is 24.3 Å². The van der Waals surface area contributed by atoms with Crippen molar-refractivity contribution in [3.05, 3.63) is 29.8 Å². The molecule has 1 saturated heterocycles. The van der Waals surface area contributed by atoms with E-state index in [-0.39, 0.29) is 30.2 Å². The first kappa shape index (κ1) is 13.4. The highest BCUT2D eigenvalue weighted by Gasteiger charge is 2.28. The van der Waals surface area contributed by atoms with Crippen molar-refractivity contribution >= 4 is 11.8 Å². The minimum Gasteiger partial charge on any atom is -0.497 e. The van der Waals surface area contributed by atoms with E-state index in [0.717, 1.165) is 11.3 Å². The van der Waals surface area contributed by atoms with E-state index in [2.05, 4.69) is 10.6 Å². The molecule has 0 aromatic heterocycles. The van der Waals surface area contributed by atoms with Gasteiger partial charge in [-0.15, -0.1) is 0 Å². The number of methoxy groups -OCH3 is 1. The van der Waals surface area contributed by atoms with Gasteiger partial charge < -0.3 is 15.4 Å². The van der Waals surface area contributed by atoms with Crippen molar-refractivity contribution in [2.24, 2.45) is 5.92 Å². The third-order valence-corrected chi connectivity index (χ3v) is 3.30. The van der Waals surface area contributed by atoms with Gasteiger partial charge in [0.25, 0.3) is 0 Å². The Hall–Kier alpha value is -2.04. The lowest BCUT2D eigenvalue weighted by molar-refractivity contribution is -0.127. The Kier molecular flexibility index (Phi) is 4.04. The first-order valence-electron chi connectivity index (χ1n) is 6.31. The van der Waals surface area contributed by atoms with Crippen LogP contribution in [-0.4, -0.2) is 25.5 Å². The average molecular weight is 262 g/mol. The van der Waals surface area contributed by atoms with Crippen molar-refractivity contribution in [1.29, 1.82) is 0 Å². The predicted molar refractivity (Wildman–Crippen MR) is 70.7 cm³/mol. The second kappa shape index (κ2) is 5.73. The summed E-state index contributed by atoms with van der Waals surface area (Å²) in [5.74, 6) is 0.347. The Morgan fingerprint density at radius 1 is 1.53 bits per heavy atom. The third kappa shape index (κ3) is 3.24. The van der Waals surface area contributed by atoms with Crippen LogP contribution < -0.4 is 15.4 Å². The molecule has 2 N–H and O–H groups in total. The van der Waals surface area contributed by atoms with E-state index in [4.69, 9.17) is 4.74 Å². The maximum absolute atomic E-state index is 12.0. The molecule has 1 aromatic rings. The van der Waals surface area contributed by atoms with E-state index in [1.165, 1.54) is 0 Å². The molecular formula is C14H18N2O3. The van der Waals surface area contributed by atoms with Gasteiger partial charge in [0.05, 0.1) is 19.1 Å². The summed E-state index contributed by atoms with van der Waals surface area (Å²) in [5, 5.41) is 5.59. The normalized spacial score (nSPS) is 19.7. The Morgan fingerprint density at radius 2 is 2.32 bits per heavy atom. The molecule has 2 rings (SSSR count). The molecule has 1 aromatic carbocycles. The minimum absolute atomic E-state index is 0.0609. The van der Waals surface area contributed by atoms with Crippen molar-refractivity contribution in [1.82, 2.24) is 10.6 Å². The van der Waals surface area contributed by atoms with Gasteiger partial charge in [-0.2, -0.15) is 0 Å². The second-order valence-corrected chi connectivity index (χ2v) is 4.71. The molecule has 0 saturated carbocycles. The maximum Gasteiger partial charge on any atom is 0.225 e. The van der Waals surface area contributed by atoms with Gasteiger partial charge >= 0.3 is 0 Å². The number of carbonyl (C=O) groups is 2. The lowest BCUT2D eigenvalue weighted by atomic mass is 10.0. The van der Waals surface area contributed by atoms with Crippen LogP contribution in [0.25, 0.3) is 0 Å². The van der Waals surface area contributed by atoms with Gasteiger partial charge in [-0.05, 0) is 24.6 Å². The monoisotopic (exact) mass is 262 g/mol. The van der Waals surface area contributed by atoms with Crippen LogP contribution in [0.5, 0.6) is 5.75 Å². The molecule has 2 unspecified atom stereocenters. The molecule has 102 valence electrons. The van der Waals surface area contributed by atoms with Gasteiger partial charge in [0, 0.05) is 13.0 Å². The van der Waals surface area contributed by atoms with E-state index in [9.17, 15) is 9.59 Å². The van der Waals surface area contributed by atoms with Crippen molar-refractivity contribution in [2.45, 2.75) is 19.4 Å². The number of nitrogens with one attached hydrogen (secondary N) is 2. The summed E-state index contributed by atoms with van der Waals surface area (Å²) < 4.78 is 5.16. The molecule has 2 atom stereocenters. The summed E-state index contributed by atoms with van der Waals surface area (Å²) in [6.45, 7) is 2.34. The molecular weight excluding hydrogens is 244 g/mol. The standard InChI is InChI=1S/C14H18N2O3/c1-9(10-4-3-5-12(6-10)19-2)16-14(18)11-7-13(17)15-8-11/h3-6,9,11H,7-8H2,1-2H3,(H,15,17)(H,16,18). The molecule has 2 amide bonds. The Bertz CT molecular complexity index is 487. The molecule has 0 radical (unpaired) electrons. The first-order valence-corrected chi connectivity index (χ1v) is 6.31. The number of hydrogen-bond donors (Lipinski definition) is 2. The summed E-state index contributed by atoms with van der Waals surface area (Å²) in [7, 11) is 1.61. The van der Waals surface area contributed by atoms with Gasteiger partial charge in [0.15, 0.2) is 0 Å². The fourth-order valence-corrected chi connectivity index (χ4v) is 2.12. The summed E-state index contributed by atoms with van der Waals surface area (Å²) >= 11 is 0. The highest BCUT2D eigenvalue weighted by Crippen LogP contribution is 2.19. The van der Waals surface area contributed by atoms with Crippen molar-refractivity contribution in [2.75, 3.05) is 13.7 Å². The lowest BCUT2D eigenvalue weighted by Gasteiger charge is -2.17. The predicted octanol–water partition coefficient (Wildman–Crippen LogP) is 1.01. The van der Waals surface area contributed by atoms with Crippen LogP contribution in [0.1, 0.15) is 24.9 Å². The molecule has 1 heterocycles. The molecule has 1 aliphatic heterocycles. The Labute approximate surface area is 112 Å². The number of hydrogen-bond acceptors (Lipinski definition) is 3. The highest BCUT2D eigenvalue weighted by atomic mass is 16.5. The van der Waals surface area contributed by atoms with E-state index < -0.39 is 0 Å². The quantitative estimate of drug-likeness (QED) is 0.851. The fraction of sp³-hybridized carbons (Fsp3) is 0.429. The number of carbonyl (C=O) groups excluding carboxylic acids is 2. The molecule has 0 aliphatic carbocycles. The number of amides is 2. The van der Waals surface area contributed by atoms with Gasteiger partial charge in [0.2, 0.25) is 11.8 Å². The van der Waals surface area contributed by atoms with E-state index >= 15 is 0 Å². The summed E-state index contributed by atoms with van der Waals surface area (Å²) in [4.78, 5) is 23.1. The fourth-order valence-electron chi connectivity index (χ4n) is 2.12. The topological polar surface area (TPSA) is 67.4 Å². The lowest BCUT2D eigenvalue weighted by Crippen LogP contribution is -2.33. The Balaban J connectivity index is 1.98. The number of benzene rings is 1. The van der Waals surface area contributed by atoms with E-state index in [0.29, 0.717) is 6.54 Å².